The Hall–Kier alpha value is -3.16. The van der Waals surface area contributed by atoms with Gasteiger partial charge < -0.3 is 14.7 Å². The van der Waals surface area contributed by atoms with Crippen LogP contribution in [0.2, 0.25) is 0 Å². The number of hydrogen-bond donors (Lipinski definition) is 2. The first-order valence-corrected chi connectivity index (χ1v) is 9.04. The van der Waals surface area contributed by atoms with E-state index in [0.717, 1.165) is 30.1 Å². The molecule has 1 aliphatic carbocycles. The Balaban J connectivity index is 1.35. The molecule has 0 bridgehead atoms. The Kier molecular flexibility index (Phi) is 4.62. The molecule has 3 aromatic heterocycles. The van der Waals surface area contributed by atoms with Crippen LogP contribution < -0.4 is 10.9 Å². The lowest BCUT2D eigenvalue weighted by Crippen LogP contribution is -2.37. The van der Waals surface area contributed by atoms with Crippen molar-refractivity contribution in [2.24, 2.45) is 5.92 Å². The fourth-order valence-corrected chi connectivity index (χ4v) is 3.44. The summed E-state index contributed by atoms with van der Waals surface area (Å²) in [5, 5.41) is 7.23. The van der Waals surface area contributed by atoms with E-state index < -0.39 is 0 Å². The SMILES string of the molecule is Cc1nc2c([nH]1)CC(C(=O)NCCn1nc(-c3ccco3)ccc1=O)CC2. The van der Waals surface area contributed by atoms with E-state index in [2.05, 4.69) is 20.4 Å². The summed E-state index contributed by atoms with van der Waals surface area (Å²) in [4.78, 5) is 32.2. The predicted molar refractivity (Wildman–Crippen MR) is 98.0 cm³/mol. The number of hydrogen-bond acceptors (Lipinski definition) is 5. The highest BCUT2D eigenvalue weighted by atomic mass is 16.3. The average Bonchev–Trinajstić information content (AvgIpc) is 3.31. The fraction of sp³-hybridized carbons (Fsp3) is 0.368. The van der Waals surface area contributed by atoms with Gasteiger partial charge in [-0.3, -0.25) is 9.59 Å². The van der Waals surface area contributed by atoms with Crippen LogP contribution >= 0.6 is 0 Å². The van der Waals surface area contributed by atoms with Gasteiger partial charge in [-0.1, -0.05) is 0 Å². The van der Waals surface area contributed by atoms with Gasteiger partial charge in [-0.15, -0.1) is 0 Å². The maximum Gasteiger partial charge on any atom is 0.266 e. The second-order valence-electron chi connectivity index (χ2n) is 6.74. The van der Waals surface area contributed by atoms with E-state index >= 15 is 0 Å². The molecule has 140 valence electrons. The van der Waals surface area contributed by atoms with Gasteiger partial charge in [0.2, 0.25) is 5.91 Å². The summed E-state index contributed by atoms with van der Waals surface area (Å²) in [7, 11) is 0. The van der Waals surface area contributed by atoms with Crippen LogP contribution in [0.15, 0.2) is 39.7 Å². The molecule has 1 aliphatic rings. The highest BCUT2D eigenvalue weighted by Crippen LogP contribution is 2.23. The molecule has 0 saturated carbocycles. The Morgan fingerprint density at radius 2 is 2.30 bits per heavy atom. The summed E-state index contributed by atoms with van der Waals surface area (Å²) >= 11 is 0. The van der Waals surface area contributed by atoms with Crippen molar-refractivity contribution in [2.45, 2.75) is 32.7 Å². The van der Waals surface area contributed by atoms with E-state index in [0.29, 0.717) is 31.0 Å². The third kappa shape index (κ3) is 3.69. The number of carbonyl (C=O) groups is 1. The molecule has 0 radical (unpaired) electrons. The number of H-pyrrole nitrogens is 1. The minimum Gasteiger partial charge on any atom is -0.463 e. The summed E-state index contributed by atoms with van der Waals surface area (Å²) in [5.41, 5.74) is 2.50. The van der Waals surface area contributed by atoms with E-state index in [1.54, 1.807) is 24.5 Å². The maximum atomic E-state index is 12.5. The van der Waals surface area contributed by atoms with Crippen LogP contribution in [0.3, 0.4) is 0 Å². The van der Waals surface area contributed by atoms with Gasteiger partial charge in [0.1, 0.15) is 11.5 Å². The lowest BCUT2D eigenvalue weighted by atomic mass is 9.89. The molecule has 1 atom stereocenters. The van der Waals surface area contributed by atoms with Crippen molar-refractivity contribution in [3.63, 3.8) is 0 Å². The number of aromatic nitrogens is 4. The normalized spacial score (nSPS) is 16.1. The molecule has 3 heterocycles. The van der Waals surface area contributed by atoms with Gasteiger partial charge in [-0.05, 0) is 38.0 Å². The largest absolute Gasteiger partial charge is 0.463 e. The van der Waals surface area contributed by atoms with Crippen molar-refractivity contribution in [3.05, 3.63) is 58.1 Å². The highest BCUT2D eigenvalue weighted by Gasteiger charge is 2.26. The summed E-state index contributed by atoms with van der Waals surface area (Å²) in [5.74, 6) is 1.42. The predicted octanol–water partition coefficient (Wildman–Crippen LogP) is 1.46. The molecular formula is C19H21N5O3. The topological polar surface area (TPSA) is 106 Å². The van der Waals surface area contributed by atoms with Crippen LogP contribution in [0.4, 0.5) is 0 Å². The van der Waals surface area contributed by atoms with Crippen molar-refractivity contribution in [1.29, 1.82) is 0 Å². The van der Waals surface area contributed by atoms with Gasteiger partial charge in [0, 0.05) is 30.6 Å². The minimum atomic E-state index is -0.213. The second-order valence-corrected chi connectivity index (χ2v) is 6.74. The fourth-order valence-electron chi connectivity index (χ4n) is 3.44. The van der Waals surface area contributed by atoms with Gasteiger partial charge in [0.25, 0.3) is 5.56 Å². The average molecular weight is 367 g/mol. The molecule has 0 aromatic carbocycles. The first-order chi connectivity index (χ1) is 13.1. The third-order valence-electron chi connectivity index (χ3n) is 4.80. The molecular weight excluding hydrogens is 346 g/mol. The van der Waals surface area contributed by atoms with Crippen molar-refractivity contribution in [3.8, 4) is 11.5 Å². The van der Waals surface area contributed by atoms with Gasteiger partial charge in [0.05, 0.1) is 18.5 Å². The number of aryl methyl sites for hydroxylation is 2. The third-order valence-corrected chi connectivity index (χ3v) is 4.80. The van der Waals surface area contributed by atoms with Crippen LogP contribution in [0, 0.1) is 12.8 Å². The summed E-state index contributed by atoms with van der Waals surface area (Å²) < 4.78 is 6.65. The molecule has 8 heteroatoms. The van der Waals surface area contributed by atoms with E-state index in [4.69, 9.17) is 4.42 Å². The second kappa shape index (κ2) is 7.22. The zero-order chi connectivity index (χ0) is 18.8. The van der Waals surface area contributed by atoms with Crippen molar-refractivity contribution in [2.75, 3.05) is 6.54 Å². The molecule has 3 aromatic rings. The Bertz CT molecular complexity index is 1000. The number of nitrogens with zero attached hydrogens (tertiary/aromatic N) is 3. The molecule has 1 amide bonds. The molecule has 2 N–H and O–H groups in total. The van der Waals surface area contributed by atoms with Crippen molar-refractivity contribution in [1.82, 2.24) is 25.1 Å². The molecule has 0 fully saturated rings. The van der Waals surface area contributed by atoms with E-state index in [9.17, 15) is 9.59 Å². The number of fused-ring (bicyclic) bond motifs is 1. The van der Waals surface area contributed by atoms with Gasteiger partial charge in [0.15, 0.2) is 5.76 Å². The number of furan rings is 1. The summed E-state index contributed by atoms with van der Waals surface area (Å²) in [6.45, 7) is 2.58. The maximum absolute atomic E-state index is 12.5. The molecule has 4 rings (SSSR count). The number of rotatable bonds is 5. The number of carbonyl (C=O) groups excluding carboxylic acids is 1. The smallest absolute Gasteiger partial charge is 0.266 e. The molecule has 1 unspecified atom stereocenters. The van der Waals surface area contributed by atoms with E-state index in [1.165, 1.54) is 10.7 Å². The van der Waals surface area contributed by atoms with E-state index in [-0.39, 0.29) is 17.4 Å². The van der Waals surface area contributed by atoms with Gasteiger partial charge >= 0.3 is 0 Å². The van der Waals surface area contributed by atoms with Crippen LogP contribution in [0.1, 0.15) is 23.6 Å². The number of aromatic amines is 1. The molecule has 0 aliphatic heterocycles. The monoisotopic (exact) mass is 367 g/mol. The standard InChI is InChI=1S/C19H21N5O3/c1-12-21-14-5-4-13(11-16(14)22-12)19(26)20-8-9-24-18(25)7-6-15(23-24)17-3-2-10-27-17/h2-3,6-7,10,13H,4-5,8-9,11H2,1H3,(H,20,26)(H,21,22). The van der Waals surface area contributed by atoms with Crippen molar-refractivity contribution >= 4 is 5.91 Å². The Morgan fingerprint density at radius 1 is 1.41 bits per heavy atom. The number of amides is 1. The van der Waals surface area contributed by atoms with Crippen LogP contribution in [0.5, 0.6) is 0 Å². The molecule has 27 heavy (non-hydrogen) atoms. The quantitative estimate of drug-likeness (QED) is 0.710. The minimum absolute atomic E-state index is 0.00291. The molecule has 0 saturated heterocycles. The van der Waals surface area contributed by atoms with E-state index in [1.807, 2.05) is 6.92 Å². The van der Waals surface area contributed by atoms with Gasteiger partial charge in [-0.25, -0.2) is 9.67 Å². The van der Waals surface area contributed by atoms with Crippen LogP contribution in [-0.2, 0) is 24.2 Å². The Labute approximate surface area is 155 Å². The number of nitrogens with one attached hydrogen (secondary N) is 2. The van der Waals surface area contributed by atoms with Crippen molar-refractivity contribution < 1.29 is 9.21 Å². The highest BCUT2D eigenvalue weighted by molar-refractivity contribution is 5.79. The molecule has 8 nitrogen and oxygen atoms in total. The van der Waals surface area contributed by atoms with Crippen LogP contribution in [0.25, 0.3) is 11.5 Å². The first-order valence-electron chi connectivity index (χ1n) is 9.04. The lowest BCUT2D eigenvalue weighted by Gasteiger charge is -2.20. The lowest BCUT2D eigenvalue weighted by molar-refractivity contribution is -0.125. The summed E-state index contributed by atoms with van der Waals surface area (Å²) in [6, 6.07) is 6.63. The zero-order valence-corrected chi connectivity index (χ0v) is 15.1. The van der Waals surface area contributed by atoms with Gasteiger partial charge in [-0.2, -0.15) is 5.10 Å². The number of imidazole rings is 1. The summed E-state index contributed by atoms with van der Waals surface area (Å²) in [6.07, 6.45) is 3.83. The molecule has 0 spiro atoms. The Morgan fingerprint density at radius 3 is 3.11 bits per heavy atom. The first kappa shape index (κ1) is 17.3. The zero-order valence-electron chi connectivity index (χ0n) is 15.1. The van der Waals surface area contributed by atoms with Crippen LogP contribution in [-0.4, -0.2) is 32.2 Å².